The van der Waals surface area contributed by atoms with E-state index < -0.39 is 23.7 Å². The Balaban J connectivity index is 1.41. The van der Waals surface area contributed by atoms with Crippen LogP contribution in [0.2, 0.25) is 0 Å². The second kappa shape index (κ2) is 9.62. The van der Waals surface area contributed by atoms with E-state index in [0.29, 0.717) is 40.9 Å². The maximum Gasteiger partial charge on any atom is 0.233 e. The minimum atomic E-state index is -0.777. The van der Waals surface area contributed by atoms with Gasteiger partial charge in [0.1, 0.15) is 17.2 Å². The molecule has 204 valence electrons. The van der Waals surface area contributed by atoms with Crippen LogP contribution < -0.4 is 4.74 Å². The number of nitrogens with zero attached hydrogens (tertiary/aromatic N) is 1. The van der Waals surface area contributed by atoms with Crippen LogP contribution in [0.1, 0.15) is 36.8 Å². The van der Waals surface area contributed by atoms with Gasteiger partial charge in [-0.05, 0) is 68.0 Å². The standard InChI is InChI=1S/C32H29NO7/c1-16-14-24(36)27-22(30(16)37)15-21-19(28(27)29-23(35)4-3-5-25(29)40-2)10-11-20-26(21)32(39)33(31(20)38)13-12-17-6-8-18(34)9-7-17/h3-10,14,20-21,26,28,34-35H,11-13,15H2,1-2H3. The third kappa shape index (κ3) is 3.89. The van der Waals surface area contributed by atoms with E-state index in [9.17, 15) is 29.4 Å². The van der Waals surface area contributed by atoms with E-state index in [1.807, 2.05) is 6.08 Å². The smallest absolute Gasteiger partial charge is 0.233 e. The van der Waals surface area contributed by atoms with Gasteiger partial charge in [-0.15, -0.1) is 0 Å². The molecule has 0 saturated carbocycles. The van der Waals surface area contributed by atoms with Gasteiger partial charge in [0, 0.05) is 34.7 Å². The average Bonchev–Trinajstić information content (AvgIpc) is 3.19. The summed E-state index contributed by atoms with van der Waals surface area (Å²) in [5.74, 6) is -3.11. The van der Waals surface area contributed by atoms with Gasteiger partial charge < -0.3 is 14.9 Å². The van der Waals surface area contributed by atoms with Crippen molar-refractivity contribution in [1.29, 1.82) is 0 Å². The molecular formula is C32H29NO7. The predicted molar refractivity (Wildman–Crippen MR) is 145 cm³/mol. The minimum absolute atomic E-state index is 0.0734. The van der Waals surface area contributed by atoms with Crippen molar-refractivity contribution in [1.82, 2.24) is 4.90 Å². The number of phenolic OH excluding ortho intramolecular Hbond substituents is 2. The number of Topliss-reactive ketones (excluding diaryl/α,β-unsaturated/α-hetero) is 1. The molecular weight excluding hydrogens is 510 g/mol. The second-order valence-corrected chi connectivity index (χ2v) is 10.9. The first-order chi connectivity index (χ1) is 19.2. The van der Waals surface area contributed by atoms with Gasteiger partial charge in [-0.2, -0.15) is 0 Å². The second-order valence-electron chi connectivity index (χ2n) is 10.9. The molecule has 4 aliphatic rings. The molecule has 1 aliphatic heterocycles. The van der Waals surface area contributed by atoms with Gasteiger partial charge in [0.15, 0.2) is 11.6 Å². The Morgan fingerprint density at radius 1 is 0.975 bits per heavy atom. The van der Waals surface area contributed by atoms with Crippen LogP contribution in [-0.4, -0.2) is 52.1 Å². The Morgan fingerprint density at radius 2 is 1.73 bits per heavy atom. The molecule has 2 amide bonds. The number of carbonyl (C=O) groups is 4. The fraction of sp³-hybridized carbons (Fsp3) is 0.312. The van der Waals surface area contributed by atoms with E-state index in [1.165, 1.54) is 24.2 Å². The number of imide groups is 1. The van der Waals surface area contributed by atoms with Crippen molar-refractivity contribution >= 4 is 23.4 Å². The molecule has 2 aromatic rings. The number of ether oxygens (including phenoxy) is 1. The maximum atomic E-state index is 13.9. The predicted octanol–water partition coefficient (Wildman–Crippen LogP) is 3.78. The van der Waals surface area contributed by atoms with Gasteiger partial charge in [0.2, 0.25) is 11.8 Å². The summed E-state index contributed by atoms with van der Waals surface area (Å²) in [5.41, 5.74) is 3.00. The SMILES string of the molecule is COc1cccc(O)c1C1C2=CCC3C(=O)N(CCc4ccc(O)cc4)C(=O)C3C2CC2=C1C(=O)C=C(C)C2=O. The van der Waals surface area contributed by atoms with E-state index >= 15 is 0 Å². The third-order valence-electron chi connectivity index (χ3n) is 8.77. The number of phenols is 2. The number of hydrogen-bond acceptors (Lipinski definition) is 7. The van der Waals surface area contributed by atoms with Gasteiger partial charge in [0.25, 0.3) is 0 Å². The number of benzene rings is 2. The zero-order valence-corrected chi connectivity index (χ0v) is 22.2. The Morgan fingerprint density at radius 3 is 2.45 bits per heavy atom. The molecule has 40 heavy (non-hydrogen) atoms. The molecule has 0 bridgehead atoms. The Labute approximate surface area is 231 Å². The lowest BCUT2D eigenvalue weighted by Crippen LogP contribution is -2.40. The van der Waals surface area contributed by atoms with Gasteiger partial charge in [0.05, 0.1) is 18.9 Å². The molecule has 8 nitrogen and oxygen atoms in total. The summed E-state index contributed by atoms with van der Waals surface area (Å²) < 4.78 is 5.58. The van der Waals surface area contributed by atoms with Gasteiger partial charge >= 0.3 is 0 Å². The van der Waals surface area contributed by atoms with Crippen molar-refractivity contribution in [3.8, 4) is 17.2 Å². The van der Waals surface area contributed by atoms with Crippen molar-refractivity contribution in [2.75, 3.05) is 13.7 Å². The number of carbonyl (C=O) groups excluding carboxylic acids is 4. The van der Waals surface area contributed by atoms with Crippen molar-refractivity contribution < 1.29 is 34.1 Å². The van der Waals surface area contributed by atoms with Crippen LogP contribution in [0.5, 0.6) is 17.2 Å². The summed E-state index contributed by atoms with van der Waals surface area (Å²) in [6.07, 6.45) is 4.20. The van der Waals surface area contributed by atoms with Crippen molar-refractivity contribution in [3.63, 3.8) is 0 Å². The summed E-state index contributed by atoms with van der Waals surface area (Å²) in [4.78, 5) is 55.5. The highest BCUT2D eigenvalue weighted by molar-refractivity contribution is 6.23. The maximum absolute atomic E-state index is 13.9. The quantitative estimate of drug-likeness (QED) is 0.337. The number of hydrogen-bond donors (Lipinski definition) is 2. The van der Waals surface area contributed by atoms with Crippen LogP contribution in [0.15, 0.2) is 76.9 Å². The molecule has 8 heteroatoms. The molecule has 2 N–H and O–H groups in total. The topological polar surface area (TPSA) is 121 Å². The molecule has 4 atom stereocenters. The molecule has 1 heterocycles. The van der Waals surface area contributed by atoms with Gasteiger partial charge in [-0.1, -0.05) is 29.8 Å². The number of rotatable bonds is 5. The molecule has 0 radical (unpaired) electrons. The molecule has 1 saturated heterocycles. The normalized spacial score (nSPS) is 25.8. The van der Waals surface area contributed by atoms with E-state index in [-0.39, 0.29) is 47.8 Å². The number of ketones is 2. The first kappa shape index (κ1) is 25.8. The van der Waals surface area contributed by atoms with Crippen LogP contribution in [0.3, 0.4) is 0 Å². The number of fused-ring (bicyclic) bond motifs is 3. The van der Waals surface area contributed by atoms with Crippen LogP contribution >= 0.6 is 0 Å². The zero-order chi connectivity index (χ0) is 28.3. The first-order valence-corrected chi connectivity index (χ1v) is 13.4. The van der Waals surface area contributed by atoms with E-state index in [1.54, 1.807) is 43.3 Å². The Kier molecular flexibility index (Phi) is 6.21. The number of allylic oxidation sites excluding steroid dienone is 6. The van der Waals surface area contributed by atoms with Gasteiger partial charge in [-0.25, -0.2) is 0 Å². The van der Waals surface area contributed by atoms with Crippen LogP contribution in [0.25, 0.3) is 0 Å². The zero-order valence-electron chi connectivity index (χ0n) is 22.2. The highest BCUT2D eigenvalue weighted by atomic mass is 16.5. The fourth-order valence-electron chi connectivity index (χ4n) is 6.90. The lowest BCUT2D eigenvalue weighted by Gasteiger charge is -2.42. The van der Waals surface area contributed by atoms with Crippen molar-refractivity contribution in [2.24, 2.45) is 17.8 Å². The summed E-state index contributed by atoms with van der Waals surface area (Å²) in [7, 11) is 1.47. The molecule has 4 unspecified atom stereocenters. The number of aromatic hydroxyl groups is 2. The molecule has 6 rings (SSSR count). The summed E-state index contributed by atoms with van der Waals surface area (Å²) in [5, 5.41) is 20.6. The van der Waals surface area contributed by atoms with E-state index in [0.717, 1.165) is 11.1 Å². The third-order valence-corrected chi connectivity index (χ3v) is 8.77. The lowest BCUT2D eigenvalue weighted by molar-refractivity contribution is -0.140. The Bertz CT molecular complexity index is 1560. The number of amides is 2. The largest absolute Gasteiger partial charge is 0.508 e. The number of likely N-dealkylation sites (tertiary alicyclic amines) is 1. The lowest BCUT2D eigenvalue weighted by atomic mass is 9.59. The van der Waals surface area contributed by atoms with Crippen LogP contribution in [0.4, 0.5) is 0 Å². The van der Waals surface area contributed by atoms with E-state index in [4.69, 9.17) is 4.74 Å². The average molecular weight is 540 g/mol. The Hall–Kier alpha value is -4.46. The van der Waals surface area contributed by atoms with Crippen molar-refractivity contribution in [2.45, 2.75) is 32.1 Å². The summed E-state index contributed by atoms with van der Waals surface area (Å²) in [6.45, 7) is 1.81. The molecule has 2 aromatic carbocycles. The number of methoxy groups -OCH3 is 1. The summed E-state index contributed by atoms with van der Waals surface area (Å²) >= 11 is 0. The highest BCUT2D eigenvalue weighted by Crippen LogP contribution is 2.57. The van der Waals surface area contributed by atoms with Crippen molar-refractivity contribution in [3.05, 3.63) is 88.0 Å². The monoisotopic (exact) mass is 539 g/mol. The molecule has 0 spiro atoms. The van der Waals surface area contributed by atoms with Crippen LogP contribution in [-0.2, 0) is 25.6 Å². The minimum Gasteiger partial charge on any atom is -0.508 e. The summed E-state index contributed by atoms with van der Waals surface area (Å²) in [6, 6.07) is 11.5. The highest BCUT2D eigenvalue weighted by Gasteiger charge is 2.56. The molecule has 0 aromatic heterocycles. The first-order valence-electron chi connectivity index (χ1n) is 13.4. The molecule has 1 fully saturated rings. The van der Waals surface area contributed by atoms with E-state index in [2.05, 4.69) is 0 Å². The van der Waals surface area contributed by atoms with Gasteiger partial charge in [-0.3, -0.25) is 24.1 Å². The molecule has 3 aliphatic carbocycles. The van der Waals surface area contributed by atoms with Crippen LogP contribution in [0, 0.1) is 17.8 Å². The fourth-order valence-corrected chi connectivity index (χ4v) is 6.90.